The average Bonchev–Trinajstić information content (AvgIpc) is 2.64. The van der Waals surface area contributed by atoms with Crippen LogP contribution < -0.4 is 15.0 Å². The van der Waals surface area contributed by atoms with Gasteiger partial charge in [-0.25, -0.2) is 4.98 Å². The molecule has 25 heavy (non-hydrogen) atoms. The number of benzene rings is 1. The fourth-order valence-corrected chi connectivity index (χ4v) is 3.18. The van der Waals surface area contributed by atoms with E-state index in [0.29, 0.717) is 37.2 Å². The predicted octanol–water partition coefficient (Wildman–Crippen LogP) is 1.68. The SMILES string of the molecule is CCN(Cc1ccc2c(c1)OCCO2)C(=O)CSc1nccc(=O)[nH]1. The summed E-state index contributed by atoms with van der Waals surface area (Å²) in [5.41, 5.74) is 0.754. The number of carbonyl (C=O) groups is 1. The molecule has 0 bridgehead atoms. The molecule has 0 saturated heterocycles. The molecule has 132 valence electrons. The molecule has 2 heterocycles. The van der Waals surface area contributed by atoms with Crippen LogP contribution in [0.2, 0.25) is 0 Å². The molecule has 1 amide bonds. The monoisotopic (exact) mass is 361 g/mol. The van der Waals surface area contributed by atoms with Gasteiger partial charge in [-0.05, 0) is 24.6 Å². The Balaban J connectivity index is 1.61. The number of carbonyl (C=O) groups excluding carboxylic acids is 1. The van der Waals surface area contributed by atoms with Crippen LogP contribution in [0.4, 0.5) is 0 Å². The van der Waals surface area contributed by atoms with Crippen molar-refractivity contribution in [2.75, 3.05) is 25.5 Å². The van der Waals surface area contributed by atoms with Gasteiger partial charge in [-0.2, -0.15) is 0 Å². The molecule has 0 atom stereocenters. The average molecular weight is 361 g/mol. The number of hydrogen-bond acceptors (Lipinski definition) is 6. The highest BCUT2D eigenvalue weighted by atomic mass is 32.2. The Morgan fingerprint density at radius 1 is 1.28 bits per heavy atom. The van der Waals surface area contributed by atoms with Crippen molar-refractivity contribution < 1.29 is 14.3 Å². The lowest BCUT2D eigenvalue weighted by atomic mass is 10.2. The molecule has 0 fully saturated rings. The standard InChI is InChI=1S/C17H19N3O4S/c1-2-20(16(22)11-25-17-18-6-5-15(21)19-17)10-12-3-4-13-14(9-12)24-8-7-23-13/h3-6,9H,2,7-8,10-11H2,1H3,(H,18,19,21). The Bertz CT molecular complexity index is 808. The second-order valence-electron chi connectivity index (χ2n) is 5.41. The van der Waals surface area contributed by atoms with E-state index in [9.17, 15) is 9.59 Å². The van der Waals surface area contributed by atoms with Gasteiger partial charge in [-0.3, -0.25) is 9.59 Å². The summed E-state index contributed by atoms with van der Waals surface area (Å²) in [7, 11) is 0. The molecule has 0 saturated carbocycles. The first kappa shape index (κ1) is 17.3. The zero-order valence-corrected chi connectivity index (χ0v) is 14.7. The maximum atomic E-state index is 12.5. The lowest BCUT2D eigenvalue weighted by molar-refractivity contribution is -0.128. The van der Waals surface area contributed by atoms with Crippen LogP contribution in [-0.4, -0.2) is 46.3 Å². The number of ether oxygens (including phenoxy) is 2. The van der Waals surface area contributed by atoms with E-state index < -0.39 is 0 Å². The molecule has 0 aliphatic carbocycles. The van der Waals surface area contributed by atoms with Crippen LogP contribution in [-0.2, 0) is 11.3 Å². The first-order valence-corrected chi connectivity index (χ1v) is 8.98. The fourth-order valence-electron chi connectivity index (χ4n) is 2.43. The molecule has 1 aromatic heterocycles. The Kier molecular flexibility index (Phi) is 5.60. The second-order valence-corrected chi connectivity index (χ2v) is 6.38. The van der Waals surface area contributed by atoms with Crippen molar-refractivity contribution >= 4 is 17.7 Å². The lowest BCUT2D eigenvalue weighted by Gasteiger charge is -2.23. The number of fused-ring (bicyclic) bond motifs is 1. The molecule has 0 radical (unpaired) electrons. The molecule has 1 aliphatic rings. The summed E-state index contributed by atoms with van der Waals surface area (Å²) >= 11 is 1.22. The summed E-state index contributed by atoms with van der Waals surface area (Å²) in [4.78, 5) is 32.1. The van der Waals surface area contributed by atoms with Gasteiger partial charge in [0.25, 0.3) is 5.56 Å². The summed E-state index contributed by atoms with van der Waals surface area (Å²) in [6.07, 6.45) is 1.43. The quantitative estimate of drug-likeness (QED) is 0.622. The van der Waals surface area contributed by atoms with Gasteiger partial charge in [0, 0.05) is 25.4 Å². The van der Waals surface area contributed by atoms with Crippen molar-refractivity contribution in [3.8, 4) is 11.5 Å². The Labute approximate surface area is 149 Å². The third kappa shape index (κ3) is 4.54. The maximum absolute atomic E-state index is 12.5. The summed E-state index contributed by atoms with van der Waals surface area (Å²) in [5, 5.41) is 0.441. The van der Waals surface area contributed by atoms with Crippen molar-refractivity contribution in [1.82, 2.24) is 14.9 Å². The number of H-pyrrole nitrogens is 1. The molecule has 7 nitrogen and oxygen atoms in total. The van der Waals surface area contributed by atoms with Gasteiger partial charge < -0.3 is 19.4 Å². The third-order valence-corrected chi connectivity index (χ3v) is 4.57. The van der Waals surface area contributed by atoms with Crippen LogP contribution in [0.3, 0.4) is 0 Å². The number of nitrogens with one attached hydrogen (secondary N) is 1. The minimum absolute atomic E-state index is 0.0195. The summed E-state index contributed by atoms with van der Waals surface area (Å²) in [6, 6.07) is 7.06. The number of hydrogen-bond donors (Lipinski definition) is 1. The molecule has 0 spiro atoms. The van der Waals surface area contributed by atoms with Crippen LogP contribution in [0.15, 0.2) is 40.4 Å². The molecule has 0 unspecified atom stereocenters. The summed E-state index contributed by atoms with van der Waals surface area (Å²) in [6.45, 7) is 4.10. The summed E-state index contributed by atoms with van der Waals surface area (Å²) < 4.78 is 11.1. The van der Waals surface area contributed by atoms with Crippen LogP contribution in [0.5, 0.6) is 11.5 Å². The smallest absolute Gasteiger partial charge is 0.251 e. The van der Waals surface area contributed by atoms with E-state index in [1.165, 1.54) is 24.0 Å². The molecular weight excluding hydrogens is 342 g/mol. The molecule has 8 heteroatoms. The van der Waals surface area contributed by atoms with E-state index in [4.69, 9.17) is 9.47 Å². The van der Waals surface area contributed by atoms with Crippen LogP contribution >= 0.6 is 11.8 Å². The van der Waals surface area contributed by atoms with Crippen LogP contribution in [0.1, 0.15) is 12.5 Å². The molecule has 3 rings (SSSR count). The predicted molar refractivity (Wildman–Crippen MR) is 94.1 cm³/mol. The normalized spacial score (nSPS) is 12.7. The van der Waals surface area contributed by atoms with Gasteiger partial charge in [0.05, 0.1) is 5.75 Å². The first-order valence-electron chi connectivity index (χ1n) is 8.00. The largest absolute Gasteiger partial charge is 0.486 e. The number of rotatable bonds is 6. The van der Waals surface area contributed by atoms with Crippen molar-refractivity contribution in [2.45, 2.75) is 18.6 Å². The van der Waals surface area contributed by atoms with E-state index in [-0.39, 0.29) is 17.2 Å². The van der Waals surface area contributed by atoms with Crippen molar-refractivity contribution in [3.05, 3.63) is 46.4 Å². The first-order chi connectivity index (χ1) is 12.2. The maximum Gasteiger partial charge on any atom is 0.251 e. The zero-order valence-electron chi connectivity index (χ0n) is 13.9. The lowest BCUT2D eigenvalue weighted by Crippen LogP contribution is -2.32. The van der Waals surface area contributed by atoms with Crippen molar-refractivity contribution in [3.63, 3.8) is 0 Å². The molecule has 2 aromatic rings. The number of amides is 1. The molecule has 1 aromatic carbocycles. The van der Waals surface area contributed by atoms with E-state index in [1.807, 2.05) is 25.1 Å². The molecule has 1 aliphatic heterocycles. The van der Waals surface area contributed by atoms with Gasteiger partial charge in [0.2, 0.25) is 5.91 Å². The Morgan fingerprint density at radius 2 is 2.08 bits per heavy atom. The van der Waals surface area contributed by atoms with Crippen molar-refractivity contribution in [1.29, 1.82) is 0 Å². The molecule has 1 N–H and O–H groups in total. The topological polar surface area (TPSA) is 84.5 Å². The van der Waals surface area contributed by atoms with E-state index in [0.717, 1.165) is 11.3 Å². The Hall–Kier alpha value is -2.48. The van der Waals surface area contributed by atoms with Gasteiger partial charge in [0.1, 0.15) is 13.2 Å². The minimum Gasteiger partial charge on any atom is -0.486 e. The van der Waals surface area contributed by atoms with Gasteiger partial charge in [-0.1, -0.05) is 17.8 Å². The number of nitrogens with zero attached hydrogens (tertiary/aromatic N) is 2. The van der Waals surface area contributed by atoms with Crippen molar-refractivity contribution in [2.24, 2.45) is 0 Å². The highest BCUT2D eigenvalue weighted by molar-refractivity contribution is 7.99. The zero-order chi connectivity index (χ0) is 17.6. The van der Waals surface area contributed by atoms with E-state index in [2.05, 4.69) is 9.97 Å². The van der Waals surface area contributed by atoms with Crippen LogP contribution in [0, 0.1) is 0 Å². The van der Waals surface area contributed by atoms with Gasteiger partial charge in [-0.15, -0.1) is 0 Å². The highest BCUT2D eigenvalue weighted by Crippen LogP contribution is 2.31. The highest BCUT2D eigenvalue weighted by Gasteiger charge is 2.16. The minimum atomic E-state index is -0.228. The number of thioether (sulfide) groups is 1. The molecular formula is C17H19N3O4S. The number of aromatic amines is 1. The van der Waals surface area contributed by atoms with E-state index >= 15 is 0 Å². The van der Waals surface area contributed by atoms with E-state index in [1.54, 1.807) is 4.90 Å². The van der Waals surface area contributed by atoms with Gasteiger partial charge >= 0.3 is 0 Å². The summed E-state index contributed by atoms with van der Waals surface area (Å²) in [5.74, 6) is 1.64. The number of aromatic nitrogens is 2. The van der Waals surface area contributed by atoms with Crippen LogP contribution in [0.25, 0.3) is 0 Å². The Morgan fingerprint density at radius 3 is 2.84 bits per heavy atom. The second kappa shape index (κ2) is 8.06. The third-order valence-electron chi connectivity index (χ3n) is 3.69. The van der Waals surface area contributed by atoms with Gasteiger partial charge in [0.15, 0.2) is 16.7 Å². The fraction of sp³-hybridized carbons (Fsp3) is 0.353.